The normalized spacial score (nSPS) is 10.2. The molecule has 0 heterocycles. The molecule has 2 aromatic carbocycles. The van der Waals surface area contributed by atoms with Crippen molar-refractivity contribution < 1.29 is 19.1 Å². The van der Waals surface area contributed by atoms with Gasteiger partial charge in [0.15, 0.2) is 0 Å². The van der Waals surface area contributed by atoms with E-state index in [1.165, 1.54) is 30.3 Å². The van der Waals surface area contributed by atoms with Gasteiger partial charge in [0.25, 0.3) is 11.8 Å². The number of aromatic hydroxyl groups is 1. The van der Waals surface area contributed by atoms with E-state index in [1.807, 2.05) is 0 Å². The van der Waals surface area contributed by atoms with E-state index in [-0.39, 0.29) is 30.0 Å². The molecule has 0 aliphatic carbocycles. The highest BCUT2D eigenvalue weighted by Gasteiger charge is 2.11. The molecule has 0 fully saturated rings. The van der Waals surface area contributed by atoms with Crippen LogP contribution in [0.15, 0.2) is 42.5 Å². The van der Waals surface area contributed by atoms with Crippen molar-refractivity contribution in [3.8, 4) is 5.75 Å². The largest absolute Gasteiger partial charge is 0.507 e. The average Bonchev–Trinajstić information content (AvgIpc) is 2.53. The van der Waals surface area contributed by atoms with Crippen molar-refractivity contribution in [3.05, 3.63) is 65.0 Å². The quantitative estimate of drug-likeness (QED) is 0.738. The summed E-state index contributed by atoms with van der Waals surface area (Å²) in [7, 11) is 0. The van der Waals surface area contributed by atoms with Crippen molar-refractivity contribution in [2.24, 2.45) is 0 Å². The molecule has 0 aliphatic rings. The highest BCUT2D eigenvalue weighted by Crippen LogP contribution is 2.14. The molecular weight excluding hydrogens is 299 g/mol. The number of rotatable bonds is 5. The smallest absolute Gasteiger partial charge is 0.255 e. The van der Waals surface area contributed by atoms with Gasteiger partial charge in [0.05, 0.1) is 5.56 Å². The fourth-order valence-corrected chi connectivity index (χ4v) is 2.05. The van der Waals surface area contributed by atoms with Crippen molar-refractivity contribution in [2.75, 3.05) is 13.1 Å². The molecule has 6 heteroatoms. The molecule has 0 unspecified atom stereocenters. The number of hydrogen-bond donors (Lipinski definition) is 3. The van der Waals surface area contributed by atoms with Crippen LogP contribution >= 0.6 is 0 Å². The van der Waals surface area contributed by atoms with Crippen molar-refractivity contribution in [2.45, 2.75) is 6.92 Å². The van der Waals surface area contributed by atoms with Crippen LogP contribution in [-0.4, -0.2) is 30.0 Å². The number of phenols is 1. The summed E-state index contributed by atoms with van der Waals surface area (Å²) in [5.74, 6) is -1.42. The second kappa shape index (κ2) is 7.40. The van der Waals surface area contributed by atoms with Crippen LogP contribution in [-0.2, 0) is 0 Å². The maximum Gasteiger partial charge on any atom is 0.255 e. The molecule has 0 saturated carbocycles. The molecule has 0 radical (unpaired) electrons. The molecule has 0 atom stereocenters. The minimum absolute atomic E-state index is 0.107. The Labute approximate surface area is 133 Å². The second-order valence-corrected chi connectivity index (χ2v) is 4.99. The predicted octanol–water partition coefficient (Wildman–Crippen LogP) is 2.00. The van der Waals surface area contributed by atoms with Gasteiger partial charge in [-0.3, -0.25) is 9.59 Å². The predicted molar refractivity (Wildman–Crippen MR) is 83.9 cm³/mol. The van der Waals surface area contributed by atoms with E-state index in [0.29, 0.717) is 5.56 Å². The van der Waals surface area contributed by atoms with Crippen LogP contribution in [0.2, 0.25) is 0 Å². The van der Waals surface area contributed by atoms with Crippen LogP contribution in [0.1, 0.15) is 26.3 Å². The Morgan fingerprint density at radius 1 is 1.00 bits per heavy atom. The van der Waals surface area contributed by atoms with Gasteiger partial charge in [-0.2, -0.15) is 0 Å². The summed E-state index contributed by atoms with van der Waals surface area (Å²) in [6.45, 7) is 2.09. The van der Waals surface area contributed by atoms with E-state index in [2.05, 4.69) is 10.6 Å². The van der Waals surface area contributed by atoms with Crippen LogP contribution in [0.3, 0.4) is 0 Å². The fourth-order valence-electron chi connectivity index (χ4n) is 2.05. The second-order valence-electron chi connectivity index (χ2n) is 4.99. The number of para-hydroxylation sites is 1. The van der Waals surface area contributed by atoms with Gasteiger partial charge in [0.1, 0.15) is 11.6 Å². The molecule has 23 heavy (non-hydrogen) atoms. The van der Waals surface area contributed by atoms with Gasteiger partial charge in [0, 0.05) is 18.7 Å². The summed E-state index contributed by atoms with van der Waals surface area (Å²) in [5, 5.41) is 14.8. The third-order valence-corrected chi connectivity index (χ3v) is 3.29. The molecule has 0 aliphatic heterocycles. The van der Waals surface area contributed by atoms with E-state index in [9.17, 15) is 19.1 Å². The maximum absolute atomic E-state index is 13.2. The highest BCUT2D eigenvalue weighted by atomic mass is 19.1. The molecule has 2 rings (SSSR count). The average molecular weight is 316 g/mol. The van der Waals surface area contributed by atoms with E-state index in [0.717, 1.165) is 0 Å². The third-order valence-electron chi connectivity index (χ3n) is 3.29. The first-order chi connectivity index (χ1) is 11.0. The van der Waals surface area contributed by atoms with Gasteiger partial charge < -0.3 is 15.7 Å². The van der Waals surface area contributed by atoms with Crippen LogP contribution in [0.5, 0.6) is 5.75 Å². The molecule has 2 amide bonds. The third kappa shape index (κ3) is 4.29. The van der Waals surface area contributed by atoms with E-state index >= 15 is 0 Å². The van der Waals surface area contributed by atoms with Crippen molar-refractivity contribution in [3.63, 3.8) is 0 Å². The Kier molecular flexibility index (Phi) is 5.30. The molecule has 5 nitrogen and oxygen atoms in total. The number of phenolic OH excluding ortho intramolecular Hbond substituents is 1. The van der Waals surface area contributed by atoms with Crippen LogP contribution in [0, 0.1) is 12.7 Å². The molecule has 0 bridgehead atoms. The zero-order chi connectivity index (χ0) is 16.8. The summed E-state index contributed by atoms with van der Waals surface area (Å²) in [5.41, 5.74) is 1.10. The molecule has 120 valence electrons. The Morgan fingerprint density at radius 3 is 2.26 bits per heavy atom. The number of nitrogens with one attached hydrogen (secondary N) is 2. The topological polar surface area (TPSA) is 78.4 Å². The van der Waals surface area contributed by atoms with Crippen molar-refractivity contribution in [1.82, 2.24) is 10.6 Å². The minimum Gasteiger partial charge on any atom is -0.507 e. The Morgan fingerprint density at radius 2 is 1.61 bits per heavy atom. The van der Waals surface area contributed by atoms with Gasteiger partial charge in [-0.1, -0.05) is 18.2 Å². The molecule has 2 aromatic rings. The Balaban J connectivity index is 1.83. The lowest BCUT2D eigenvalue weighted by Crippen LogP contribution is -2.35. The standard InChI is InChI=1S/C17H17FN2O3/c1-11-6-7-12(18)10-14(11)17(23)20-9-8-19-16(22)13-4-2-3-5-15(13)21/h2-7,10,21H,8-9H2,1H3,(H,19,22)(H,20,23). The molecule has 0 spiro atoms. The maximum atomic E-state index is 13.2. The summed E-state index contributed by atoms with van der Waals surface area (Å²) in [6, 6.07) is 10.2. The molecule has 0 aromatic heterocycles. The summed E-state index contributed by atoms with van der Waals surface area (Å²) in [6.07, 6.45) is 0. The zero-order valence-corrected chi connectivity index (χ0v) is 12.6. The van der Waals surface area contributed by atoms with Crippen LogP contribution < -0.4 is 10.6 Å². The fraction of sp³-hybridized carbons (Fsp3) is 0.176. The number of carbonyl (C=O) groups excluding carboxylic acids is 2. The van der Waals surface area contributed by atoms with Crippen LogP contribution in [0.25, 0.3) is 0 Å². The first-order valence-corrected chi connectivity index (χ1v) is 7.09. The van der Waals surface area contributed by atoms with E-state index < -0.39 is 17.6 Å². The molecule has 3 N–H and O–H groups in total. The van der Waals surface area contributed by atoms with Gasteiger partial charge >= 0.3 is 0 Å². The monoisotopic (exact) mass is 316 g/mol. The van der Waals surface area contributed by atoms with E-state index in [1.54, 1.807) is 19.1 Å². The first-order valence-electron chi connectivity index (χ1n) is 7.09. The Bertz CT molecular complexity index is 732. The zero-order valence-electron chi connectivity index (χ0n) is 12.6. The van der Waals surface area contributed by atoms with Gasteiger partial charge in [-0.05, 0) is 36.8 Å². The van der Waals surface area contributed by atoms with Gasteiger partial charge in [-0.15, -0.1) is 0 Å². The lowest BCUT2D eigenvalue weighted by molar-refractivity contribution is 0.0925. The lowest BCUT2D eigenvalue weighted by Gasteiger charge is -2.09. The minimum atomic E-state index is -0.478. The number of aryl methyl sites for hydroxylation is 1. The summed E-state index contributed by atoms with van der Waals surface area (Å²) < 4.78 is 13.2. The Hall–Kier alpha value is -2.89. The summed E-state index contributed by atoms with van der Waals surface area (Å²) >= 11 is 0. The van der Waals surface area contributed by atoms with Crippen molar-refractivity contribution in [1.29, 1.82) is 0 Å². The number of halogens is 1. The molecular formula is C17H17FN2O3. The lowest BCUT2D eigenvalue weighted by atomic mass is 10.1. The SMILES string of the molecule is Cc1ccc(F)cc1C(=O)NCCNC(=O)c1ccccc1O. The van der Waals surface area contributed by atoms with Gasteiger partial charge in [0.2, 0.25) is 0 Å². The van der Waals surface area contributed by atoms with E-state index in [4.69, 9.17) is 0 Å². The highest BCUT2D eigenvalue weighted by molar-refractivity contribution is 5.97. The number of hydrogen-bond acceptors (Lipinski definition) is 3. The number of carbonyl (C=O) groups is 2. The van der Waals surface area contributed by atoms with Crippen molar-refractivity contribution >= 4 is 11.8 Å². The van der Waals surface area contributed by atoms with Gasteiger partial charge in [-0.25, -0.2) is 4.39 Å². The first kappa shape index (κ1) is 16.5. The number of benzene rings is 2. The summed E-state index contributed by atoms with van der Waals surface area (Å²) in [4.78, 5) is 23.8. The molecule has 0 saturated heterocycles. The number of amides is 2. The van der Waals surface area contributed by atoms with Crippen LogP contribution in [0.4, 0.5) is 4.39 Å².